The standard InChI is InChI=1S/C31H26ClN5OS/c1-21-8-10-26(11-9-21)30-35-36-31(37(30)28-18-16-27(32)17-19-28)39-20-29(38)34-33-22(2)23-12-14-25(15-13-23)24-6-4-3-5-7-24/h3-19H,20H2,1-2H3,(H,34,38). The van der Waals surface area contributed by atoms with E-state index in [4.69, 9.17) is 11.6 Å². The third-order valence-electron chi connectivity index (χ3n) is 6.12. The van der Waals surface area contributed by atoms with E-state index in [1.807, 2.05) is 97.3 Å². The average Bonchev–Trinajstić information content (AvgIpc) is 3.40. The Labute approximate surface area is 236 Å². The maximum Gasteiger partial charge on any atom is 0.250 e. The molecule has 0 saturated carbocycles. The fraction of sp³-hybridized carbons (Fsp3) is 0.0968. The van der Waals surface area contributed by atoms with Gasteiger partial charge in [-0.25, -0.2) is 5.43 Å². The number of nitrogens with one attached hydrogen (secondary N) is 1. The fourth-order valence-corrected chi connectivity index (χ4v) is 4.85. The third kappa shape index (κ3) is 6.45. The molecular formula is C31H26ClN5OS. The lowest BCUT2D eigenvalue weighted by atomic mass is 10.0. The molecule has 4 aromatic carbocycles. The molecule has 1 N–H and O–H groups in total. The Bertz CT molecular complexity index is 1600. The number of aromatic nitrogens is 3. The Balaban J connectivity index is 1.28. The number of thioether (sulfide) groups is 1. The summed E-state index contributed by atoms with van der Waals surface area (Å²) in [5.41, 5.74) is 9.55. The summed E-state index contributed by atoms with van der Waals surface area (Å²) >= 11 is 7.41. The summed E-state index contributed by atoms with van der Waals surface area (Å²) in [6, 6.07) is 33.8. The van der Waals surface area contributed by atoms with E-state index in [1.165, 1.54) is 11.8 Å². The van der Waals surface area contributed by atoms with Gasteiger partial charge in [0, 0.05) is 16.3 Å². The number of carbonyl (C=O) groups excluding carboxylic acids is 1. The molecule has 1 aromatic heterocycles. The summed E-state index contributed by atoms with van der Waals surface area (Å²) in [5, 5.41) is 14.4. The van der Waals surface area contributed by atoms with Crippen molar-refractivity contribution in [1.29, 1.82) is 0 Å². The van der Waals surface area contributed by atoms with Crippen LogP contribution in [0, 0.1) is 6.92 Å². The van der Waals surface area contributed by atoms with E-state index >= 15 is 0 Å². The number of hydrazone groups is 1. The van der Waals surface area contributed by atoms with Crippen molar-refractivity contribution in [3.63, 3.8) is 0 Å². The van der Waals surface area contributed by atoms with Crippen molar-refractivity contribution >= 4 is 35.0 Å². The van der Waals surface area contributed by atoms with Crippen LogP contribution in [0.4, 0.5) is 0 Å². The van der Waals surface area contributed by atoms with E-state index in [2.05, 4.69) is 45.0 Å². The normalized spacial score (nSPS) is 11.4. The Morgan fingerprint density at radius 1 is 0.846 bits per heavy atom. The fourth-order valence-electron chi connectivity index (χ4n) is 3.98. The van der Waals surface area contributed by atoms with Crippen molar-refractivity contribution in [3.8, 4) is 28.2 Å². The number of aryl methyl sites for hydroxylation is 1. The van der Waals surface area contributed by atoms with Crippen LogP contribution in [-0.4, -0.2) is 32.1 Å². The number of hydrogen-bond donors (Lipinski definition) is 1. The monoisotopic (exact) mass is 551 g/mol. The molecule has 1 amide bonds. The highest BCUT2D eigenvalue weighted by atomic mass is 35.5. The van der Waals surface area contributed by atoms with Gasteiger partial charge < -0.3 is 0 Å². The van der Waals surface area contributed by atoms with Gasteiger partial charge in [0.2, 0.25) is 0 Å². The smallest absolute Gasteiger partial charge is 0.250 e. The summed E-state index contributed by atoms with van der Waals surface area (Å²) in [4.78, 5) is 12.7. The van der Waals surface area contributed by atoms with Gasteiger partial charge in [0.15, 0.2) is 11.0 Å². The molecule has 0 aliphatic heterocycles. The summed E-state index contributed by atoms with van der Waals surface area (Å²) in [6.45, 7) is 3.91. The summed E-state index contributed by atoms with van der Waals surface area (Å²) < 4.78 is 1.93. The molecule has 0 unspecified atom stereocenters. The number of amides is 1. The zero-order chi connectivity index (χ0) is 27.2. The molecule has 6 nitrogen and oxygen atoms in total. The van der Waals surface area contributed by atoms with Gasteiger partial charge in [0.25, 0.3) is 5.91 Å². The Hall–Kier alpha value is -4.20. The minimum absolute atomic E-state index is 0.128. The SMILES string of the molecule is CC(=NNC(=O)CSc1nnc(-c2ccc(C)cc2)n1-c1ccc(Cl)cc1)c1ccc(-c2ccccc2)cc1. The van der Waals surface area contributed by atoms with Crippen LogP contribution in [-0.2, 0) is 4.79 Å². The summed E-state index contributed by atoms with van der Waals surface area (Å²) in [6.07, 6.45) is 0. The van der Waals surface area contributed by atoms with Gasteiger partial charge in [-0.15, -0.1) is 10.2 Å². The zero-order valence-electron chi connectivity index (χ0n) is 21.5. The largest absolute Gasteiger partial charge is 0.272 e. The van der Waals surface area contributed by atoms with Crippen LogP contribution < -0.4 is 5.43 Å². The predicted octanol–water partition coefficient (Wildman–Crippen LogP) is 7.20. The highest BCUT2D eigenvalue weighted by Gasteiger charge is 2.17. The second kappa shape index (κ2) is 12.1. The second-order valence-corrected chi connectivity index (χ2v) is 10.3. The van der Waals surface area contributed by atoms with Crippen LogP contribution in [0.25, 0.3) is 28.2 Å². The summed E-state index contributed by atoms with van der Waals surface area (Å²) in [7, 11) is 0. The predicted molar refractivity (Wildman–Crippen MR) is 159 cm³/mol. The molecule has 1 heterocycles. The molecule has 0 spiro atoms. The quantitative estimate of drug-likeness (QED) is 0.126. The average molecular weight is 552 g/mol. The molecule has 0 atom stereocenters. The molecule has 0 radical (unpaired) electrons. The van der Waals surface area contributed by atoms with Gasteiger partial charge in [0.1, 0.15) is 0 Å². The first-order valence-corrected chi connectivity index (χ1v) is 13.7. The van der Waals surface area contributed by atoms with Gasteiger partial charge in [-0.05, 0) is 54.8 Å². The first kappa shape index (κ1) is 26.4. The van der Waals surface area contributed by atoms with Gasteiger partial charge >= 0.3 is 0 Å². The first-order valence-electron chi connectivity index (χ1n) is 12.4. The molecule has 194 valence electrons. The minimum atomic E-state index is -0.234. The molecule has 0 bridgehead atoms. The van der Waals surface area contributed by atoms with Crippen LogP contribution in [0.15, 0.2) is 113 Å². The molecule has 5 aromatic rings. The van der Waals surface area contributed by atoms with Crippen molar-refractivity contribution in [2.24, 2.45) is 5.10 Å². The van der Waals surface area contributed by atoms with E-state index in [1.54, 1.807) is 0 Å². The van der Waals surface area contributed by atoms with Gasteiger partial charge in [-0.1, -0.05) is 108 Å². The maximum absolute atomic E-state index is 12.7. The van der Waals surface area contributed by atoms with E-state index in [0.29, 0.717) is 16.0 Å². The number of benzene rings is 4. The van der Waals surface area contributed by atoms with Crippen molar-refractivity contribution in [2.75, 3.05) is 5.75 Å². The molecule has 0 aliphatic rings. The molecular weight excluding hydrogens is 526 g/mol. The maximum atomic E-state index is 12.7. The molecule has 0 saturated heterocycles. The van der Waals surface area contributed by atoms with E-state index in [-0.39, 0.29) is 11.7 Å². The van der Waals surface area contributed by atoms with E-state index < -0.39 is 0 Å². The lowest BCUT2D eigenvalue weighted by Gasteiger charge is -2.11. The molecule has 8 heteroatoms. The van der Waals surface area contributed by atoms with Crippen molar-refractivity contribution < 1.29 is 4.79 Å². The lowest BCUT2D eigenvalue weighted by Crippen LogP contribution is -2.21. The van der Waals surface area contributed by atoms with Crippen molar-refractivity contribution in [1.82, 2.24) is 20.2 Å². The number of rotatable bonds is 8. The van der Waals surface area contributed by atoms with Crippen LogP contribution in [0.3, 0.4) is 0 Å². The van der Waals surface area contributed by atoms with Crippen LogP contribution in [0.2, 0.25) is 5.02 Å². The number of halogens is 1. The van der Waals surface area contributed by atoms with Crippen LogP contribution in [0.1, 0.15) is 18.1 Å². The molecule has 0 aliphatic carbocycles. The van der Waals surface area contributed by atoms with Gasteiger partial charge in [-0.2, -0.15) is 5.10 Å². The van der Waals surface area contributed by atoms with Crippen LogP contribution in [0.5, 0.6) is 0 Å². The number of hydrogen-bond acceptors (Lipinski definition) is 5. The Morgan fingerprint density at radius 3 is 2.18 bits per heavy atom. The minimum Gasteiger partial charge on any atom is -0.272 e. The first-order chi connectivity index (χ1) is 19.0. The number of carbonyl (C=O) groups is 1. The second-order valence-electron chi connectivity index (χ2n) is 8.95. The number of nitrogens with zero attached hydrogens (tertiary/aromatic N) is 4. The zero-order valence-corrected chi connectivity index (χ0v) is 23.1. The highest BCUT2D eigenvalue weighted by molar-refractivity contribution is 7.99. The van der Waals surface area contributed by atoms with E-state index in [9.17, 15) is 4.79 Å². The van der Waals surface area contributed by atoms with Crippen LogP contribution >= 0.6 is 23.4 Å². The molecule has 39 heavy (non-hydrogen) atoms. The van der Waals surface area contributed by atoms with Gasteiger partial charge in [-0.3, -0.25) is 9.36 Å². The Morgan fingerprint density at radius 2 is 1.49 bits per heavy atom. The van der Waals surface area contributed by atoms with Gasteiger partial charge in [0.05, 0.1) is 11.5 Å². The molecule has 5 rings (SSSR count). The summed E-state index contributed by atoms with van der Waals surface area (Å²) in [5.74, 6) is 0.583. The molecule has 0 fully saturated rings. The highest BCUT2D eigenvalue weighted by Crippen LogP contribution is 2.29. The van der Waals surface area contributed by atoms with E-state index in [0.717, 1.165) is 39.2 Å². The van der Waals surface area contributed by atoms with Crippen molar-refractivity contribution in [3.05, 3.63) is 119 Å². The lowest BCUT2D eigenvalue weighted by molar-refractivity contribution is -0.118. The van der Waals surface area contributed by atoms with Crippen molar-refractivity contribution in [2.45, 2.75) is 19.0 Å². The topological polar surface area (TPSA) is 72.2 Å². The Kier molecular flexibility index (Phi) is 8.20. The third-order valence-corrected chi connectivity index (χ3v) is 7.30.